The summed E-state index contributed by atoms with van der Waals surface area (Å²) in [7, 11) is 0. The van der Waals surface area contributed by atoms with Gasteiger partial charge in [-0.1, -0.05) is 127 Å². The highest BCUT2D eigenvalue weighted by Crippen LogP contribution is 2.37. The van der Waals surface area contributed by atoms with Crippen LogP contribution in [0.25, 0.3) is 83.6 Å². The van der Waals surface area contributed by atoms with E-state index >= 15 is 0 Å². The topological polar surface area (TPSA) is 67.4 Å². The third kappa shape index (κ3) is 4.91. The highest BCUT2D eigenvalue weighted by molar-refractivity contribution is 6.21. The summed E-state index contributed by atoms with van der Waals surface area (Å²) in [5.41, 5.74) is 8.31. The minimum Gasteiger partial charge on any atom is -0.309 e. The van der Waals surface area contributed by atoms with Gasteiger partial charge in [-0.15, -0.1) is 0 Å². The maximum absolute atomic E-state index is 10.3. The Bertz CT molecular complexity index is 2650. The van der Waals surface area contributed by atoms with Crippen LogP contribution in [0.1, 0.15) is 5.56 Å². The van der Waals surface area contributed by atoms with Gasteiger partial charge in [0.2, 0.25) is 0 Å². The number of hydrogen-bond donors (Lipinski definition) is 0. The molecule has 9 aromatic rings. The summed E-state index contributed by atoms with van der Waals surface area (Å²) in [4.78, 5) is 14.5. The number of nitriles is 1. The van der Waals surface area contributed by atoms with Crippen molar-refractivity contribution in [3.8, 4) is 57.0 Å². The molecule has 0 saturated carbocycles. The largest absolute Gasteiger partial charge is 0.309 e. The van der Waals surface area contributed by atoms with Crippen LogP contribution >= 0.6 is 0 Å². The summed E-state index contributed by atoms with van der Waals surface area (Å²) < 4.78 is 2.33. The van der Waals surface area contributed by atoms with E-state index < -0.39 is 0 Å². The van der Waals surface area contributed by atoms with Crippen molar-refractivity contribution in [1.82, 2.24) is 19.5 Å². The first-order chi connectivity index (χ1) is 24.2. The first-order valence-corrected chi connectivity index (χ1v) is 16.2. The third-order valence-electron chi connectivity index (χ3n) is 9.10. The van der Waals surface area contributed by atoms with E-state index in [1.54, 1.807) is 0 Å². The number of nitrogens with zero attached hydrogens (tertiary/aromatic N) is 5. The summed E-state index contributed by atoms with van der Waals surface area (Å²) in [6.45, 7) is 0. The molecule has 5 heteroatoms. The number of para-hydroxylation sites is 1. The number of rotatable bonds is 5. The SMILES string of the molecule is N#Cc1cc(-c2ccc(-n3c4ccccc4c4c5ccccc5ccc43)cc2)ccc1-c1nc(-c2ccccc2)nc(-c2ccccc2)n1. The second-order valence-corrected chi connectivity index (χ2v) is 12.0. The molecule has 0 radical (unpaired) electrons. The standard InChI is InChI=1S/C44H27N5/c45-28-34-27-33(21-25-37(34)44-47-42(31-12-3-1-4-13-31)46-43(48-44)32-14-5-2-6-15-32)29-19-23-35(24-20-29)49-39-18-10-9-17-38(39)41-36-16-8-7-11-30(36)22-26-40(41)49/h1-27H. The minimum atomic E-state index is 0.463. The number of fused-ring (bicyclic) bond motifs is 5. The average molecular weight is 626 g/mol. The molecule has 5 nitrogen and oxygen atoms in total. The molecule has 0 aliphatic heterocycles. The van der Waals surface area contributed by atoms with E-state index in [9.17, 15) is 5.26 Å². The lowest BCUT2D eigenvalue weighted by atomic mass is 9.99. The van der Waals surface area contributed by atoms with Gasteiger partial charge in [0.25, 0.3) is 0 Å². The highest BCUT2D eigenvalue weighted by Gasteiger charge is 2.17. The van der Waals surface area contributed by atoms with Crippen LogP contribution in [0.5, 0.6) is 0 Å². The van der Waals surface area contributed by atoms with Crippen LogP contribution < -0.4 is 0 Å². The van der Waals surface area contributed by atoms with E-state index in [-0.39, 0.29) is 0 Å². The number of aromatic nitrogens is 4. The summed E-state index contributed by atoms with van der Waals surface area (Å²) in [6.07, 6.45) is 0. The fraction of sp³-hybridized carbons (Fsp3) is 0. The molecule has 0 aliphatic rings. The van der Waals surface area contributed by atoms with Gasteiger partial charge in [-0.25, -0.2) is 15.0 Å². The van der Waals surface area contributed by atoms with E-state index in [4.69, 9.17) is 15.0 Å². The molecule has 0 amide bonds. The zero-order chi connectivity index (χ0) is 32.7. The monoisotopic (exact) mass is 625 g/mol. The molecule has 2 aromatic heterocycles. The summed E-state index contributed by atoms with van der Waals surface area (Å²) >= 11 is 0. The van der Waals surface area contributed by atoms with Crippen molar-refractivity contribution in [2.45, 2.75) is 0 Å². The lowest BCUT2D eigenvalue weighted by Gasteiger charge is -2.12. The Morgan fingerprint density at radius 1 is 0.449 bits per heavy atom. The van der Waals surface area contributed by atoms with Crippen molar-refractivity contribution in [2.24, 2.45) is 0 Å². The maximum Gasteiger partial charge on any atom is 0.165 e. The molecular weight excluding hydrogens is 599 g/mol. The second kappa shape index (κ2) is 11.7. The van der Waals surface area contributed by atoms with Gasteiger partial charge in [0, 0.05) is 33.2 Å². The fourth-order valence-electron chi connectivity index (χ4n) is 6.76. The zero-order valence-corrected chi connectivity index (χ0v) is 26.3. The van der Waals surface area contributed by atoms with Crippen molar-refractivity contribution in [1.29, 1.82) is 5.26 Å². The van der Waals surface area contributed by atoms with Crippen molar-refractivity contribution in [3.05, 3.63) is 169 Å². The molecular formula is C44H27N5. The van der Waals surface area contributed by atoms with Gasteiger partial charge in [-0.3, -0.25) is 0 Å². The fourth-order valence-corrected chi connectivity index (χ4v) is 6.76. The van der Waals surface area contributed by atoms with E-state index in [1.165, 1.54) is 32.6 Å². The molecule has 0 bridgehead atoms. The predicted molar refractivity (Wildman–Crippen MR) is 198 cm³/mol. The zero-order valence-electron chi connectivity index (χ0n) is 26.3. The quantitative estimate of drug-likeness (QED) is 0.191. The predicted octanol–water partition coefficient (Wildman–Crippen LogP) is 10.7. The molecule has 0 spiro atoms. The van der Waals surface area contributed by atoms with Gasteiger partial charge in [0.1, 0.15) is 0 Å². The van der Waals surface area contributed by atoms with E-state index in [0.29, 0.717) is 28.6 Å². The lowest BCUT2D eigenvalue weighted by Crippen LogP contribution is -2.01. The van der Waals surface area contributed by atoms with Crippen LogP contribution in [0, 0.1) is 11.3 Å². The normalized spacial score (nSPS) is 11.2. The van der Waals surface area contributed by atoms with Gasteiger partial charge in [0.05, 0.1) is 22.7 Å². The maximum atomic E-state index is 10.3. The van der Waals surface area contributed by atoms with Crippen LogP contribution in [0.15, 0.2) is 164 Å². The third-order valence-corrected chi connectivity index (χ3v) is 9.10. The molecule has 0 saturated heterocycles. The van der Waals surface area contributed by atoms with Crippen molar-refractivity contribution in [2.75, 3.05) is 0 Å². The summed E-state index contributed by atoms with van der Waals surface area (Å²) in [5, 5.41) is 15.3. The summed E-state index contributed by atoms with van der Waals surface area (Å²) in [6, 6.07) is 58.1. The average Bonchev–Trinajstić information content (AvgIpc) is 3.53. The van der Waals surface area contributed by atoms with Gasteiger partial charge < -0.3 is 4.57 Å². The Hall–Kier alpha value is -6.90. The molecule has 0 atom stereocenters. The van der Waals surface area contributed by atoms with Crippen molar-refractivity contribution < 1.29 is 0 Å². The molecule has 2 heterocycles. The first-order valence-electron chi connectivity index (χ1n) is 16.2. The Labute approximate surface area is 283 Å². The van der Waals surface area contributed by atoms with Gasteiger partial charge >= 0.3 is 0 Å². The minimum absolute atomic E-state index is 0.463. The molecule has 0 fully saturated rings. The smallest absolute Gasteiger partial charge is 0.165 e. The number of hydrogen-bond acceptors (Lipinski definition) is 4. The van der Waals surface area contributed by atoms with Gasteiger partial charge in [-0.05, 0) is 58.3 Å². The summed E-state index contributed by atoms with van der Waals surface area (Å²) in [5.74, 6) is 1.59. The Kier molecular flexibility index (Phi) is 6.78. The van der Waals surface area contributed by atoms with E-state index in [1.807, 2.05) is 78.9 Å². The second-order valence-electron chi connectivity index (χ2n) is 12.0. The molecule has 0 aliphatic carbocycles. The van der Waals surface area contributed by atoms with Crippen molar-refractivity contribution in [3.63, 3.8) is 0 Å². The van der Waals surface area contributed by atoms with Gasteiger partial charge in [0.15, 0.2) is 17.5 Å². The molecule has 9 rings (SSSR count). The lowest BCUT2D eigenvalue weighted by molar-refractivity contribution is 1.07. The first kappa shape index (κ1) is 28.3. The van der Waals surface area contributed by atoms with E-state index in [2.05, 4.69) is 95.6 Å². The number of benzene rings is 7. The van der Waals surface area contributed by atoms with Crippen molar-refractivity contribution >= 4 is 32.6 Å². The molecule has 49 heavy (non-hydrogen) atoms. The Balaban J connectivity index is 1.12. The molecule has 228 valence electrons. The van der Waals surface area contributed by atoms with E-state index in [0.717, 1.165) is 27.9 Å². The van der Waals surface area contributed by atoms with Gasteiger partial charge in [-0.2, -0.15) is 5.26 Å². The van der Waals surface area contributed by atoms with Crippen LogP contribution in [0.2, 0.25) is 0 Å². The molecule has 0 N–H and O–H groups in total. The highest BCUT2D eigenvalue weighted by atomic mass is 15.0. The molecule has 7 aromatic carbocycles. The Morgan fingerprint density at radius 3 is 1.73 bits per heavy atom. The van der Waals surface area contributed by atoms with Crippen LogP contribution in [-0.2, 0) is 0 Å². The molecule has 0 unspecified atom stereocenters. The van der Waals surface area contributed by atoms with Crippen LogP contribution in [0.4, 0.5) is 0 Å². The Morgan fingerprint density at radius 2 is 1.04 bits per heavy atom. The van der Waals surface area contributed by atoms with Crippen LogP contribution in [0.3, 0.4) is 0 Å². The van der Waals surface area contributed by atoms with Crippen LogP contribution in [-0.4, -0.2) is 19.5 Å².